The van der Waals surface area contributed by atoms with Crippen LogP contribution in [0.25, 0.3) is 0 Å². The smallest absolute Gasteiger partial charge is 0.302 e. The molecule has 0 bridgehead atoms. The van der Waals surface area contributed by atoms with Gasteiger partial charge in [-0.05, 0) is 7.05 Å². The minimum absolute atomic E-state index is 0.331. The molecule has 0 aromatic carbocycles. The van der Waals surface area contributed by atoms with Crippen molar-refractivity contribution in [2.75, 3.05) is 13.6 Å². The van der Waals surface area contributed by atoms with Crippen molar-refractivity contribution in [2.45, 2.75) is 19.1 Å². The maximum Gasteiger partial charge on any atom is 0.435 e. The first kappa shape index (κ1) is 10.5. The van der Waals surface area contributed by atoms with Gasteiger partial charge in [-0.2, -0.15) is 18.3 Å². The zero-order valence-corrected chi connectivity index (χ0v) is 8.60. The Bertz CT molecular complexity index is 381. The van der Waals surface area contributed by atoms with Crippen molar-refractivity contribution in [3.8, 4) is 0 Å². The van der Waals surface area contributed by atoms with Gasteiger partial charge in [0.15, 0.2) is 5.69 Å². The summed E-state index contributed by atoms with van der Waals surface area (Å²) in [6, 6.07) is 0. The van der Waals surface area contributed by atoms with Gasteiger partial charge in [0.2, 0.25) is 0 Å². The lowest BCUT2D eigenvalue weighted by molar-refractivity contribution is -0.142. The molecule has 84 valence electrons. The number of aromatic nitrogens is 2. The summed E-state index contributed by atoms with van der Waals surface area (Å²) in [5, 5.41) is 3.56. The molecule has 0 atom stereocenters. The normalized spacial score (nSPS) is 17.9. The topological polar surface area (TPSA) is 21.1 Å². The average molecular weight is 219 g/mol. The van der Waals surface area contributed by atoms with Gasteiger partial charge in [0, 0.05) is 37.8 Å². The predicted molar refractivity (Wildman–Crippen MR) is 48.2 cm³/mol. The Morgan fingerprint density at radius 3 is 2.53 bits per heavy atom. The number of hydrogen-bond donors (Lipinski definition) is 0. The standard InChI is InChI=1S/C9H12F3N3/c1-14-4-3-7-6(5-14)8(9(10,11)12)13-15(7)2/h3-5H2,1-2H3. The second-order valence-corrected chi connectivity index (χ2v) is 3.88. The van der Waals surface area contributed by atoms with Crippen molar-refractivity contribution in [3.05, 3.63) is 17.0 Å². The van der Waals surface area contributed by atoms with Crippen LogP contribution in [0.3, 0.4) is 0 Å². The van der Waals surface area contributed by atoms with Crippen molar-refractivity contribution >= 4 is 0 Å². The average Bonchev–Trinajstić information content (AvgIpc) is 2.42. The highest BCUT2D eigenvalue weighted by Crippen LogP contribution is 2.34. The van der Waals surface area contributed by atoms with Gasteiger partial charge in [0.05, 0.1) is 0 Å². The van der Waals surface area contributed by atoms with Gasteiger partial charge < -0.3 is 4.90 Å². The van der Waals surface area contributed by atoms with Crippen LogP contribution in [-0.2, 0) is 26.2 Å². The Kier molecular flexibility index (Phi) is 2.26. The van der Waals surface area contributed by atoms with E-state index in [1.165, 1.54) is 4.68 Å². The molecule has 1 aromatic heterocycles. The highest BCUT2D eigenvalue weighted by Gasteiger charge is 2.39. The molecule has 2 rings (SSSR count). The number of fused-ring (bicyclic) bond motifs is 1. The van der Waals surface area contributed by atoms with E-state index in [1.807, 2.05) is 11.9 Å². The quantitative estimate of drug-likeness (QED) is 0.658. The van der Waals surface area contributed by atoms with Crippen molar-refractivity contribution in [2.24, 2.45) is 7.05 Å². The van der Waals surface area contributed by atoms with Gasteiger partial charge in [-0.1, -0.05) is 0 Å². The fourth-order valence-corrected chi connectivity index (χ4v) is 1.96. The van der Waals surface area contributed by atoms with Crippen LogP contribution < -0.4 is 0 Å². The molecule has 6 heteroatoms. The number of aryl methyl sites for hydroxylation is 1. The molecule has 1 aliphatic rings. The molecule has 0 saturated heterocycles. The lowest BCUT2D eigenvalue weighted by Gasteiger charge is -2.23. The maximum atomic E-state index is 12.6. The number of halogens is 3. The Balaban J connectivity index is 2.50. The lowest BCUT2D eigenvalue weighted by atomic mass is 10.1. The molecule has 0 fully saturated rings. The summed E-state index contributed by atoms with van der Waals surface area (Å²) in [7, 11) is 3.38. The van der Waals surface area contributed by atoms with Gasteiger partial charge in [0.25, 0.3) is 0 Å². The molecular weight excluding hydrogens is 207 g/mol. The number of rotatable bonds is 0. The fraction of sp³-hybridized carbons (Fsp3) is 0.667. The van der Waals surface area contributed by atoms with E-state index in [9.17, 15) is 13.2 Å². The van der Waals surface area contributed by atoms with Crippen molar-refractivity contribution < 1.29 is 13.2 Å². The van der Waals surface area contributed by atoms with Crippen LogP contribution in [0.4, 0.5) is 13.2 Å². The van der Waals surface area contributed by atoms with Gasteiger partial charge in [-0.3, -0.25) is 4.68 Å². The maximum absolute atomic E-state index is 12.6. The Morgan fingerprint density at radius 2 is 1.93 bits per heavy atom. The monoisotopic (exact) mass is 219 g/mol. The first-order valence-corrected chi connectivity index (χ1v) is 4.70. The third kappa shape index (κ3) is 1.73. The van der Waals surface area contributed by atoms with Crippen molar-refractivity contribution in [1.82, 2.24) is 14.7 Å². The molecule has 0 spiro atoms. The van der Waals surface area contributed by atoms with Gasteiger partial charge in [-0.25, -0.2) is 0 Å². The SMILES string of the molecule is CN1CCc2c(c(C(F)(F)F)nn2C)C1. The van der Waals surface area contributed by atoms with Crippen molar-refractivity contribution in [1.29, 1.82) is 0 Å². The third-order valence-electron chi connectivity index (χ3n) is 2.70. The lowest BCUT2D eigenvalue weighted by Crippen LogP contribution is -2.28. The first-order valence-electron chi connectivity index (χ1n) is 4.70. The summed E-state index contributed by atoms with van der Waals surface area (Å²) in [4.78, 5) is 1.87. The van der Waals surface area contributed by atoms with Crippen LogP contribution in [0, 0.1) is 0 Å². The molecule has 0 unspecified atom stereocenters. The van der Waals surface area contributed by atoms with E-state index in [-0.39, 0.29) is 0 Å². The number of alkyl halides is 3. The van der Waals surface area contributed by atoms with Gasteiger partial charge in [0.1, 0.15) is 0 Å². The summed E-state index contributed by atoms with van der Waals surface area (Å²) in [5.41, 5.74) is 0.311. The van der Waals surface area contributed by atoms with E-state index < -0.39 is 11.9 Å². The summed E-state index contributed by atoms with van der Waals surface area (Å²) >= 11 is 0. The molecule has 0 saturated carbocycles. The van der Waals surface area contributed by atoms with Crippen LogP contribution in [0.2, 0.25) is 0 Å². The van der Waals surface area contributed by atoms with Crippen LogP contribution in [0.15, 0.2) is 0 Å². The molecule has 0 radical (unpaired) electrons. The summed E-state index contributed by atoms with van der Waals surface area (Å²) in [6.07, 6.45) is -3.71. The van der Waals surface area contributed by atoms with Crippen LogP contribution in [0.1, 0.15) is 17.0 Å². The number of nitrogens with zero attached hydrogens (tertiary/aromatic N) is 3. The Hall–Kier alpha value is -1.04. The molecule has 1 aliphatic heterocycles. The van der Waals surface area contributed by atoms with E-state index >= 15 is 0 Å². The zero-order chi connectivity index (χ0) is 11.2. The van der Waals surface area contributed by atoms with E-state index in [2.05, 4.69) is 5.10 Å². The predicted octanol–water partition coefficient (Wildman–Crippen LogP) is 1.43. The highest BCUT2D eigenvalue weighted by molar-refractivity contribution is 5.30. The first-order chi connectivity index (χ1) is 6.89. The molecule has 0 aliphatic carbocycles. The summed E-state index contributed by atoms with van der Waals surface area (Å²) < 4.78 is 39.2. The van der Waals surface area contributed by atoms with Crippen molar-refractivity contribution in [3.63, 3.8) is 0 Å². The van der Waals surface area contributed by atoms with Crippen LogP contribution >= 0.6 is 0 Å². The minimum Gasteiger partial charge on any atom is -0.302 e. The molecule has 1 aromatic rings. The molecule has 15 heavy (non-hydrogen) atoms. The van der Waals surface area contributed by atoms with E-state index in [1.54, 1.807) is 7.05 Å². The second-order valence-electron chi connectivity index (χ2n) is 3.88. The van der Waals surface area contributed by atoms with Crippen LogP contribution in [0.5, 0.6) is 0 Å². The van der Waals surface area contributed by atoms with E-state index in [0.717, 1.165) is 6.54 Å². The molecule has 2 heterocycles. The Morgan fingerprint density at radius 1 is 1.27 bits per heavy atom. The second kappa shape index (κ2) is 3.23. The number of hydrogen-bond acceptors (Lipinski definition) is 2. The molecular formula is C9H12F3N3. The molecule has 3 nitrogen and oxygen atoms in total. The van der Waals surface area contributed by atoms with Gasteiger partial charge >= 0.3 is 6.18 Å². The third-order valence-corrected chi connectivity index (χ3v) is 2.70. The molecule has 0 N–H and O–H groups in total. The summed E-state index contributed by atoms with van der Waals surface area (Å²) in [6.45, 7) is 1.11. The largest absolute Gasteiger partial charge is 0.435 e. The van der Waals surface area contributed by atoms with E-state index in [4.69, 9.17) is 0 Å². The van der Waals surface area contributed by atoms with E-state index in [0.29, 0.717) is 24.2 Å². The fourth-order valence-electron chi connectivity index (χ4n) is 1.96. The number of likely N-dealkylation sites (N-methyl/N-ethyl adjacent to an activating group) is 1. The zero-order valence-electron chi connectivity index (χ0n) is 8.60. The molecule has 0 amide bonds. The minimum atomic E-state index is -4.34. The van der Waals surface area contributed by atoms with Crippen LogP contribution in [-0.4, -0.2) is 28.3 Å². The van der Waals surface area contributed by atoms with Gasteiger partial charge in [-0.15, -0.1) is 0 Å². The Labute approximate surface area is 85.5 Å². The highest BCUT2D eigenvalue weighted by atomic mass is 19.4. The summed E-state index contributed by atoms with van der Waals surface area (Å²) in [5.74, 6) is 0.